The zero-order chi connectivity index (χ0) is 22.4. The highest BCUT2D eigenvalue weighted by molar-refractivity contribution is 7.99. The Balaban J connectivity index is 1.63. The molecule has 162 valence electrons. The molecule has 8 nitrogen and oxygen atoms in total. The van der Waals surface area contributed by atoms with E-state index in [4.69, 9.17) is 4.74 Å². The smallest absolute Gasteiger partial charge is 0.337 e. The molecule has 9 heteroatoms. The molecule has 1 amide bonds. The monoisotopic (exact) mass is 439 g/mol. The van der Waals surface area contributed by atoms with Crippen molar-refractivity contribution in [3.63, 3.8) is 0 Å². The van der Waals surface area contributed by atoms with Crippen molar-refractivity contribution in [2.45, 2.75) is 32.5 Å². The van der Waals surface area contributed by atoms with Crippen LogP contribution in [0.5, 0.6) is 11.5 Å². The first-order chi connectivity index (χ1) is 14.9. The Kier molecular flexibility index (Phi) is 7.30. The number of carbonyl (C=O) groups excluding carboxylic acids is 1. The van der Waals surface area contributed by atoms with E-state index < -0.39 is 0 Å². The van der Waals surface area contributed by atoms with Crippen LogP contribution in [0.15, 0.2) is 52.7 Å². The summed E-state index contributed by atoms with van der Waals surface area (Å²) < 4.78 is 7.08. The molecule has 0 spiro atoms. The SMILES string of the molecule is CC[n+]1c(SCC(=O)N/N=C(\C)c2ccc([O-])c(OC)c2)n[nH]c1-c1ccc(C)cc1. The average molecular weight is 440 g/mol. The number of hydrogen-bond donors (Lipinski definition) is 2. The van der Waals surface area contributed by atoms with E-state index in [9.17, 15) is 9.90 Å². The summed E-state index contributed by atoms with van der Waals surface area (Å²) in [7, 11) is 1.44. The van der Waals surface area contributed by atoms with E-state index in [2.05, 4.69) is 32.9 Å². The molecule has 0 aliphatic heterocycles. The van der Waals surface area contributed by atoms with Crippen LogP contribution in [0.25, 0.3) is 11.4 Å². The van der Waals surface area contributed by atoms with Gasteiger partial charge in [-0.05, 0) is 50.7 Å². The van der Waals surface area contributed by atoms with Crippen LogP contribution in [0.1, 0.15) is 25.0 Å². The van der Waals surface area contributed by atoms with Gasteiger partial charge in [0.1, 0.15) is 5.75 Å². The van der Waals surface area contributed by atoms with Gasteiger partial charge in [-0.3, -0.25) is 4.79 Å². The van der Waals surface area contributed by atoms with Crippen LogP contribution in [0.2, 0.25) is 0 Å². The topological polar surface area (TPSA) is 106 Å². The Bertz CT molecular complexity index is 1090. The number of nitrogens with one attached hydrogen (secondary N) is 2. The highest BCUT2D eigenvalue weighted by atomic mass is 32.2. The standard InChI is InChI=1S/C22H25N5O3S/c1-5-27-21(16-8-6-14(2)7-9-16)25-26-22(27)31-13-20(29)24-23-15(3)17-10-11-18(28)19(12-17)30-4/h6-12H,5,13H2,1-4H3,(H2,23,24,28,29). The molecule has 0 unspecified atom stereocenters. The summed E-state index contributed by atoms with van der Waals surface area (Å²) in [6.45, 7) is 6.55. The van der Waals surface area contributed by atoms with Crippen LogP contribution in [-0.4, -0.2) is 34.7 Å². The van der Waals surface area contributed by atoms with Gasteiger partial charge < -0.3 is 9.84 Å². The maximum atomic E-state index is 12.3. The van der Waals surface area contributed by atoms with Crippen LogP contribution in [0.4, 0.5) is 0 Å². The Labute approximate surface area is 185 Å². The summed E-state index contributed by atoms with van der Waals surface area (Å²) in [4.78, 5) is 12.3. The first-order valence-corrected chi connectivity index (χ1v) is 10.8. The summed E-state index contributed by atoms with van der Waals surface area (Å²) in [6.07, 6.45) is 0. The van der Waals surface area contributed by atoms with E-state index in [1.165, 1.54) is 30.5 Å². The zero-order valence-electron chi connectivity index (χ0n) is 17.9. The minimum absolute atomic E-state index is 0.164. The van der Waals surface area contributed by atoms with Gasteiger partial charge in [0.05, 0.1) is 35.8 Å². The fraction of sp³-hybridized carbons (Fsp3) is 0.273. The van der Waals surface area contributed by atoms with Crippen LogP contribution in [0.3, 0.4) is 0 Å². The fourth-order valence-corrected chi connectivity index (χ4v) is 3.73. The quantitative estimate of drug-likeness (QED) is 0.243. The molecule has 1 heterocycles. The van der Waals surface area contributed by atoms with E-state index in [0.29, 0.717) is 11.3 Å². The number of nitrogens with zero attached hydrogens (tertiary/aromatic N) is 3. The van der Waals surface area contributed by atoms with Crippen molar-refractivity contribution >= 4 is 23.4 Å². The third-order valence-corrected chi connectivity index (χ3v) is 5.64. The number of amides is 1. The number of H-pyrrole nitrogens is 1. The second-order valence-corrected chi connectivity index (χ2v) is 7.79. The molecule has 0 atom stereocenters. The number of hydrazone groups is 1. The van der Waals surface area contributed by atoms with Gasteiger partial charge in [-0.2, -0.15) is 5.10 Å². The maximum Gasteiger partial charge on any atom is 0.337 e. The minimum atomic E-state index is -0.251. The van der Waals surface area contributed by atoms with Gasteiger partial charge in [-0.1, -0.05) is 35.6 Å². The van der Waals surface area contributed by atoms with Crippen molar-refractivity contribution in [2.75, 3.05) is 12.9 Å². The second kappa shape index (κ2) is 10.1. The Morgan fingerprint density at radius 1 is 1.29 bits per heavy atom. The molecule has 3 rings (SSSR count). The lowest BCUT2D eigenvalue weighted by atomic mass is 10.1. The van der Waals surface area contributed by atoms with Crippen molar-refractivity contribution in [3.8, 4) is 22.9 Å². The molecular formula is C22H25N5O3S. The average Bonchev–Trinajstić information content (AvgIpc) is 3.19. The van der Waals surface area contributed by atoms with E-state index in [-0.39, 0.29) is 23.2 Å². The predicted molar refractivity (Wildman–Crippen MR) is 118 cm³/mol. The van der Waals surface area contributed by atoms with Gasteiger partial charge in [0.25, 0.3) is 11.7 Å². The fourth-order valence-electron chi connectivity index (χ4n) is 2.92. The van der Waals surface area contributed by atoms with Crippen molar-refractivity contribution < 1.29 is 19.2 Å². The van der Waals surface area contributed by atoms with Gasteiger partial charge in [0, 0.05) is 5.56 Å². The number of rotatable bonds is 8. The van der Waals surface area contributed by atoms with E-state index in [0.717, 1.165) is 23.1 Å². The third kappa shape index (κ3) is 5.43. The van der Waals surface area contributed by atoms with Crippen molar-refractivity contribution in [3.05, 3.63) is 53.6 Å². The molecule has 2 aromatic carbocycles. The van der Waals surface area contributed by atoms with Crippen LogP contribution in [-0.2, 0) is 11.3 Å². The molecule has 2 N–H and O–H groups in total. The normalized spacial score (nSPS) is 11.4. The molecule has 0 aliphatic rings. The number of aromatic amines is 1. The van der Waals surface area contributed by atoms with Gasteiger partial charge >= 0.3 is 5.16 Å². The summed E-state index contributed by atoms with van der Waals surface area (Å²) in [5.74, 6) is 0.848. The molecular weight excluding hydrogens is 414 g/mol. The van der Waals surface area contributed by atoms with Crippen molar-refractivity contribution in [1.82, 2.24) is 15.6 Å². The Morgan fingerprint density at radius 2 is 2.03 bits per heavy atom. The lowest BCUT2D eigenvalue weighted by Crippen LogP contribution is -2.36. The van der Waals surface area contributed by atoms with Crippen LogP contribution >= 0.6 is 11.8 Å². The molecule has 1 aromatic heterocycles. The molecule has 0 fully saturated rings. The Hall–Kier alpha value is -3.33. The molecule has 0 saturated heterocycles. The number of hydrogen-bond acceptors (Lipinski definition) is 6. The number of methoxy groups -OCH3 is 1. The second-order valence-electron chi connectivity index (χ2n) is 6.85. The molecule has 0 saturated carbocycles. The number of thioether (sulfide) groups is 1. The summed E-state index contributed by atoms with van der Waals surface area (Å²) in [6, 6.07) is 12.9. The first kappa shape index (κ1) is 22.4. The molecule has 31 heavy (non-hydrogen) atoms. The Morgan fingerprint density at radius 3 is 2.71 bits per heavy atom. The summed E-state index contributed by atoms with van der Waals surface area (Å²) in [5.41, 5.74) is 6.04. The lowest BCUT2D eigenvalue weighted by molar-refractivity contribution is -0.719. The number of ether oxygens (including phenoxy) is 1. The highest BCUT2D eigenvalue weighted by Gasteiger charge is 2.21. The van der Waals surface area contributed by atoms with Crippen LogP contribution in [0, 0.1) is 6.92 Å². The predicted octanol–water partition coefficient (Wildman–Crippen LogP) is 2.41. The number of aryl methyl sites for hydroxylation is 1. The number of carbonyl (C=O) groups is 1. The number of benzene rings is 2. The van der Waals surface area contributed by atoms with E-state index in [1.807, 2.05) is 30.5 Å². The lowest BCUT2D eigenvalue weighted by Gasteiger charge is -2.13. The molecule has 0 aliphatic carbocycles. The first-order valence-electron chi connectivity index (χ1n) is 9.79. The molecule has 3 aromatic rings. The van der Waals surface area contributed by atoms with Gasteiger partial charge in [-0.25, -0.2) is 9.99 Å². The van der Waals surface area contributed by atoms with E-state index in [1.54, 1.807) is 19.1 Å². The number of aromatic nitrogens is 3. The van der Waals surface area contributed by atoms with Crippen molar-refractivity contribution in [1.29, 1.82) is 0 Å². The van der Waals surface area contributed by atoms with Gasteiger partial charge in [0.2, 0.25) is 0 Å². The van der Waals surface area contributed by atoms with Crippen LogP contribution < -0.4 is 19.8 Å². The highest BCUT2D eigenvalue weighted by Crippen LogP contribution is 2.24. The maximum absolute atomic E-state index is 12.3. The third-order valence-electron chi connectivity index (χ3n) is 4.66. The summed E-state index contributed by atoms with van der Waals surface area (Å²) in [5, 5.41) is 23.9. The van der Waals surface area contributed by atoms with Gasteiger partial charge in [0.15, 0.2) is 0 Å². The largest absolute Gasteiger partial charge is 0.870 e. The zero-order valence-corrected chi connectivity index (χ0v) is 18.7. The van der Waals surface area contributed by atoms with Gasteiger partial charge in [-0.15, -0.1) is 5.10 Å². The molecule has 0 radical (unpaired) electrons. The van der Waals surface area contributed by atoms with E-state index >= 15 is 0 Å². The van der Waals surface area contributed by atoms with Crippen molar-refractivity contribution in [2.24, 2.45) is 5.10 Å². The minimum Gasteiger partial charge on any atom is -0.870 e. The molecule has 0 bridgehead atoms. The summed E-state index contributed by atoms with van der Waals surface area (Å²) >= 11 is 1.33.